The molecule has 11 rings (SSSR count). The van der Waals surface area contributed by atoms with Crippen molar-refractivity contribution in [1.29, 1.82) is 0 Å². The molecule has 0 spiro atoms. The molecule has 0 saturated carbocycles. The number of hydrogen-bond acceptors (Lipinski definition) is 2. The molecule has 5 heteroatoms. The lowest BCUT2D eigenvalue weighted by atomic mass is 9.86. The van der Waals surface area contributed by atoms with Crippen LogP contribution < -0.4 is 0 Å². The van der Waals surface area contributed by atoms with Crippen LogP contribution in [0.25, 0.3) is 104 Å². The number of hydrogen-bond donors (Lipinski definition) is 0. The van der Waals surface area contributed by atoms with Crippen molar-refractivity contribution in [1.82, 2.24) is 18.9 Å². The lowest BCUT2D eigenvalue weighted by molar-refractivity contribution is 1.18. The molecule has 4 aromatic heterocycles. The van der Waals surface area contributed by atoms with Crippen LogP contribution >= 0.6 is 0 Å². The van der Waals surface area contributed by atoms with E-state index in [0.717, 1.165) is 93.4 Å². The molecule has 240 valence electrons. The summed E-state index contributed by atoms with van der Waals surface area (Å²) in [5.74, 6) is 0. The molecule has 0 aliphatic carbocycles. The van der Waals surface area contributed by atoms with Crippen LogP contribution in [0.1, 0.15) is 0 Å². The van der Waals surface area contributed by atoms with E-state index >= 15 is 0 Å². The van der Waals surface area contributed by atoms with E-state index < -0.39 is 0 Å². The van der Waals surface area contributed by atoms with E-state index in [2.05, 4.69) is 147 Å². The van der Waals surface area contributed by atoms with Gasteiger partial charge in [0.15, 0.2) is 5.69 Å². The third-order valence-corrected chi connectivity index (χ3v) is 10.5. The van der Waals surface area contributed by atoms with Gasteiger partial charge in [-0.1, -0.05) is 109 Å². The van der Waals surface area contributed by atoms with Gasteiger partial charge in [0.2, 0.25) is 0 Å². The molecule has 11 aromatic rings. The normalized spacial score (nSPS) is 11.8. The number of para-hydroxylation sites is 2. The molecule has 7 aromatic carbocycles. The number of rotatable bonds is 3. The highest BCUT2D eigenvalue weighted by Crippen LogP contribution is 2.46. The van der Waals surface area contributed by atoms with Gasteiger partial charge < -0.3 is 4.57 Å². The summed E-state index contributed by atoms with van der Waals surface area (Å²) < 4.78 is 4.45. The van der Waals surface area contributed by atoms with E-state index in [0.29, 0.717) is 5.69 Å². The van der Waals surface area contributed by atoms with Gasteiger partial charge in [-0.05, 0) is 81.2 Å². The fourth-order valence-corrected chi connectivity index (χ4v) is 8.31. The number of aromatic nitrogens is 4. The predicted octanol–water partition coefficient (Wildman–Crippen LogP) is 12.3. The molecule has 5 nitrogen and oxygen atoms in total. The first-order valence-corrected chi connectivity index (χ1v) is 17.4. The Labute approximate surface area is 298 Å². The third-order valence-electron chi connectivity index (χ3n) is 10.5. The molecule has 52 heavy (non-hydrogen) atoms. The standard InChI is InChI=1S/C47H27N5/c1-48-30-23-24-32-38-27-29(22-25-40(38)52(41(32)28-30)31-13-3-2-4-14-31)43-33-15-5-7-17-35(33)44(36-18-8-6-16-34(36)43)46-47-45(37-19-9-10-20-39(37)49-46)50-42-21-11-12-26-51(42)47/h2-28H. The fourth-order valence-electron chi connectivity index (χ4n) is 8.31. The van der Waals surface area contributed by atoms with Gasteiger partial charge in [0, 0.05) is 39.1 Å². The molecular weight excluding hydrogens is 635 g/mol. The Morgan fingerprint density at radius 2 is 1.17 bits per heavy atom. The summed E-state index contributed by atoms with van der Waals surface area (Å²) in [5.41, 5.74) is 11.9. The first kappa shape index (κ1) is 28.5. The second kappa shape index (κ2) is 10.9. The van der Waals surface area contributed by atoms with Gasteiger partial charge in [0.25, 0.3) is 0 Å². The largest absolute Gasteiger partial charge is 0.311 e. The van der Waals surface area contributed by atoms with E-state index in [1.54, 1.807) is 0 Å². The number of nitrogens with zero attached hydrogens (tertiary/aromatic N) is 5. The Bertz CT molecular complexity index is 3250. The van der Waals surface area contributed by atoms with Crippen LogP contribution in [0.3, 0.4) is 0 Å². The van der Waals surface area contributed by atoms with Crippen LogP contribution in [0.15, 0.2) is 164 Å². The number of benzene rings is 7. The third kappa shape index (κ3) is 3.98. The molecular formula is C47H27N5. The smallest absolute Gasteiger partial charge is 0.189 e. The summed E-state index contributed by atoms with van der Waals surface area (Å²) in [5, 5.41) is 7.91. The molecule has 0 amide bonds. The van der Waals surface area contributed by atoms with Crippen molar-refractivity contribution in [3.8, 4) is 28.1 Å². The average molecular weight is 662 g/mol. The van der Waals surface area contributed by atoms with Gasteiger partial charge in [0.1, 0.15) is 16.7 Å². The van der Waals surface area contributed by atoms with Crippen LogP contribution in [0.2, 0.25) is 0 Å². The minimum atomic E-state index is 0.627. The fraction of sp³-hybridized carbons (Fsp3) is 0. The minimum absolute atomic E-state index is 0.627. The predicted molar refractivity (Wildman–Crippen MR) is 214 cm³/mol. The van der Waals surface area contributed by atoms with E-state index in [9.17, 15) is 0 Å². The van der Waals surface area contributed by atoms with Crippen molar-refractivity contribution in [2.45, 2.75) is 0 Å². The molecule has 0 aliphatic heterocycles. The molecule has 0 atom stereocenters. The molecule has 0 saturated heterocycles. The highest BCUT2D eigenvalue weighted by atomic mass is 15.0. The Hall–Kier alpha value is -7.29. The molecule has 0 fully saturated rings. The molecule has 0 unspecified atom stereocenters. The van der Waals surface area contributed by atoms with Gasteiger partial charge in [0.05, 0.1) is 23.3 Å². The van der Waals surface area contributed by atoms with Crippen LogP contribution in [0, 0.1) is 6.57 Å². The lowest BCUT2D eigenvalue weighted by Crippen LogP contribution is -1.96. The summed E-state index contributed by atoms with van der Waals surface area (Å²) in [4.78, 5) is 14.4. The Morgan fingerprint density at radius 3 is 1.92 bits per heavy atom. The maximum atomic E-state index is 7.73. The zero-order valence-electron chi connectivity index (χ0n) is 27.8. The number of imidazole rings is 1. The SMILES string of the molecule is [C-]#[N+]c1ccc2c3cc(-c4c5ccccc5c(-c5nc6ccccc6c6nc7ccccn7c56)c5ccccc45)ccc3n(-c3ccccc3)c2c1. The number of fused-ring (bicyclic) bond motifs is 10. The maximum Gasteiger partial charge on any atom is 0.189 e. The summed E-state index contributed by atoms with van der Waals surface area (Å²) >= 11 is 0. The highest BCUT2D eigenvalue weighted by Gasteiger charge is 2.23. The average Bonchev–Trinajstić information content (AvgIpc) is 3.76. The first-order chi connectivity index (χ1) is 25.8. The minimum Gasteiger partial charge on any atom is -0.311 e. The zero-order valence-corrected chi connectivity index (χ0v) is 27.8. The molecule has 0 radical (unpaired) electrons. The maximum absolute atomic E-state index is 7.73. The van der Waals surface area contributed by atoms with E-state index in [4.69, 9.17) is 16.5 Å². The second-order valence-electron chi connectivity index (χ2n) is 13.3. The summed E-state index contributed by atoms with van der Waals surface area (Å²) in [7, 11) is 0. The quantitative estimate of drug-likeness (QED) is 0.140. The molecule has 0 N–H and O–H groups in total. The van der Waals surface area contributed by atoms with Crippen molar-refractivity contribution in [3.05, 3.63) is 175 Å². The number of pyridine rings is 2. The second-order valence-corrected chi connectivity index (χ2v) is 13.3. The Balaban J connectivity index is 1.26. The summed E-state index contributed by atoms with van der Waals surface area (Å²) in [6.07, 6.45) is 2.09. The topological polar surface area (TPSA) is 39.5 Å². The monoisotopic (exact) mass is 661 g/mol. The van der Waals surface area contributed by atoms with Gasteiger partial charge in [-0.2, -0.15) is 0 Å². The first-order valence-electron chi connectivity index (χ1n) is 17.4. The highest BCUT2D eigenvalue weighted by molar-refractivity contribution is 6.25. The van der Waals surface area contributed by atoms with Crippen LogP contribution in [0.4, 0.5) is 5.69 Å². The van der Waals surface area contributed by atoms with Crippen molar-refractivity contribution >= 4 is 76.6 Å². The van der Waals surface area contributed by atoms with Crippen LogP contribution in [-0.4, -0.2) is 18.9 Å². The lowest BCUT2D eigenvalue weighted by Gasteiger charge is -2.18. The molecule has 0 aliphatic rings. The van der Waals surface area contributed by atoms with E-state index in [1.165, 1.54) is 5.56 Å². The van der Waals surface area contributed by atoms with Gasteiger partial charge in [-0.25, -0.2) is 14.8 Å². The van der Waals surface area contributed by atoms with Crippen molar-refractivity contribution in [2.24, 2.45) is 0 Å². The molecule has 4 heterocycles. The van der Waals surface area contributed by atoms with Gasteiger partial charge in [-0.3, -0.25) is 4.40 Å². The zero-order chi connectivity index (χ0) is 34.3. The van der Waals surface area contributed by atoms with Crippen molar-refractivity contribution < 1.29 is 0 Å². The Morgan fingerprint density at radius 1 is 0.500 bits per heavy atom. The Kier molecular flexibility index (Phi) is 5.96. The summed E-state index contributed by atoms with van der Waals surface area (Å²) in [6, 6.07) is 55.2. The molecule has 0 bridgehead atoms. The van der Waals surface area contributed by atoms with Gasteiger partial charge >= 0.3 is 0 Å². The van der Waals surface area contributed by atoms with Crippen molar-refractivity contribution in [2.75, 3.05) is 0 Å². The van der Waals surface area contributed by atoms with E-state index in [-0.39, 0.29) is 0 Å². The van der Waals surface area contributed by atoms with Crippen LogP contribution in [-0.2, 0) is 0 Å². The van der Waals surface area contributed by atoms with Crippen LogP contribution in [0.5, 0.6) is 0 Å². The summed E-state index contributed by atoms with van der Waals surface area (Å²) in [6.45, 7) is 7.73. The van der Waals surface area contributed by atoms with Gasteiger partial charge in [-0.15, -0.1) is 0 Å². The van der Waals surface area contributed by atoms with Crippen molar-refractivity contribution in [3.63, 3.8) is 0 Å². The van der Waals surface area contributed by atoms with E-state index in [1.807, 2.05) is 30.3 Å².